The average Bonchev–Trinajstić information content (AvgIpc) is 3.33. The van der Waals surface area contributed by atoms with Gasteiger partial charge in [0.15, 0.2) is 0 Å². The third-order valence-electron chi connectivity index (χ3n) is 9.77. The summed E-state index contributed by atoms with van der Waals surface area (Å²) in [7, 11) is 3.41. The van der Waals surface area contributed by atoms with Crippen LogP contribution >= 0.6 is 11.3 Å². The van der Waals surface area contributed by atoms with Crippen molar-refractivity contribution < 1.29 is 29.0 Å². The number of aryl methyl sites for hydroxylation is 1. The second-order valence-corrected chi connectivity index (χ2v) is 14.1. The van der Waals surface area contributed by atoms with Crippen LogP contribution in [0, 0.1) is 24.7 Å². The van der Waals surface area contributed by atoms with Crippen LogP contribution in [-0.2, 0) is 14.4 Å². The van der Waals surface area contributed by atoms with Gasteiger partial charge >= 0.3 is 5.97 Å². The lowest BCUT2D eigenvalue weighted by atomic mass is 9.93. The van der Waals surface area contributed by atoms with Gasteiger partial charge in [0.1, 0.15) is 33.8 Å². The van der Waals surface area contributed by atoms with Crippen molar-refractivity contribution in [1.82, 2.24) is 20.2 Å². The first-order valence-corrected chi connectivity index (χ1v) is 17.0. The molecule has 0 saturated heterocycles. The number of benzene rings is 1. The van der Waals surface area contributed by atoms with Crippen LogP contribution in [-0.4, -0.2) is 70.1 Å². The number of rotatable bonds is 6. The number of carboxylic acid groups (broad SMARTS) is 1. The van der Waals surface area contributed by atoms with Gasteiger partial charge in [0.05, 0.1) is 30.2 Å². The maximum absolute atomic E-state index is 13.8. The summed E-state index contributed by atoms with van der Waals surface area (Å²) in [6.07, 6.45) is 6.97. The molecule has 244 valence electrons. The largest absolute Gasteiger partial charge is 0.496 e. The van der Waals surface area contributed by atoms with E-state index in [1.807, 2.05) is 42.7 Å². The van der Waals surface area contributed by atoms with E-state index >= 15 is 0 Å². The van der Waals surface area contributed by atoms with E-state index in [-0.39, 0.29) is 24.2 Å². The molecule has 3 aliphatic rings. The molecule has 2 saturated carbocycles. The SMILES string of the molecule is COc1ccc2c(OC3CC4C(=O)NC5(C(=O)O)CC5C=CCCCCN(C)C(=O)C4C3)cc(-c3nc(C(C)C)cs3)nc2c1C. The number of pyridine rings is 1. The van der Waals surface area contributed by atoms with Crippen LogP contribution in [0.2, 0.25) is 0 Å². The Hall–Kier alpha value is -3.99. The van der Waals surface area contributed by atoms with Gasteiger partial charge in [-0.1, -0.05) is 26.0 Å². The Morgan fingerprint density at radius 3 is 2.65 bits per heavy atom. The van der Waals surface area contributed by atoms with Crippen LogP contribution in [0.15, 0.2) is 35.7 Å². The van der Waals surface area contributed by atoms with Crippen molar-refractivity contribution in [3.63, 3.8) is 0 Å². The van der Waals surface area contributed by atoms with Crippen molar-refractivity contribution in [2.24, 2.45) is 17.8 Å². The smallest absolute Gasteiger partial charge is 0.330 e. The van der Waals surface area contributed by atoms with Crippen molar-refractivity contribution in [1.29, 1.82) is 0 Å². The molecule has 2 amide bonds. The molecule has 2 N–H and O–H groups in total. The monoisotopic (exact) mass is 646 g/mol. The number of nitrogens with zero attached hydrogens (tertiary/aromatic N) is 3. The molecule has 2 aromatic heterocycles. The lowest BCUT2D eigenvalue weighted by Crippen LogP contribution is -2.49. The van der Waals surface area contributed by atoms with E-state index in [2.05, 4.69) is 19.2 Å². The number of amides is 2. The number of allylic oxidation sites excluding steroid dienone is 1. The zero-order valence-electron chi connectivity index (χ0n) is 27.0. The standard InChI is InChI=1S/C35H42N4O6S/c1-19(2)27-18-46-32(37-27)26-16-29(23-11-12-28(44-5)20(3)30(23)36-26)45-22-14-24-25(15-22)33(41)39(4)13-9-7-6-8-10-21-17-35(21,34(42)43)38-31(24)40/h8,10-12,16,18-19,21-22,24-25H,6-7,9,13-15,17H2,1-5H3,(H,38,40)(H,42,43). The average molecular weight is 647 g/mol. The van der Waals surface area contributed by atoms with Crippen LogP contribution in [0.5, 0.6) is 11.5 Å². The maximum Gasteiger partial charge on any atom is 0.330 e. The number of nitrogens with one attached hydrogen (secondary N) is 1. The molecule has 2 aliphatic carbocycles. The van der Waals surface area contributed by atoms with Gasteiger partial charge in [0.25, 0.3) is 0 Å². The second kappa shape index (κ2) is 12.7. The molecule has 6 rings (SSSR count). The highest BCUT2D eigenvalue weighted by Crippen LogP contribution is 2.47. The molecule has 0 radical (unpaired) electrons. The van der Waals surface area contributed by atoms with Gasteiger partial charge in [-0.15, -0.1) is 11.3 Å². The van der Waals surface area contributed by atoms with E-state index < -0.39 is 35.4 Å². The molecular weight excluding hydrogens is 604 g/mol. The molecule has 3 heterocycles. The van der Waals surface area contributed by atoms with E-state index in [0.717, 1.165) is 46.4 Å². The Morgan fingerprint density at radius 2 is 1.93 bits per heavy atom. The maximum atomic E-state index is 13.8. The Morgan fingerprint density at radius 1 is 1.15 bits per heavy atom. The van der Waals surface area contributed by atoms with Gasteiger partial charge in [0, 0.05) is 41.9 Å². The first-order chi connectivity index (χ1) is 22.0. The van der Waals surface area contributed by atoms with Gasteiger partial charge in [0.2, 0.25) is 11.8 Å². The summed E-state index contributed by atoms with van der Waals surface area (Å²) >= 11 is 1.53. The van der Waals surface area contributed by atoms with Crippen molar-refractivity contribution in [3.8, 4) is 22.2 Å². The van der Waals surface area contributed by atoms with Gasteiger partial charge in [-0.25, -0.2) is 14.8 Å². The van der Waals surface area contributed by atoms with Crippen LogP contribution in [0.25, 0.3) is 21.6 Å². The van der Waals surface area contributed by atoms with Crippen molar-refractivity contribution in [3.05, 3.63) is 47.0 Å². The van der Waals surface area contributed by atoms with E-state index in [0.29, 0.717) is 36.6 Å². The predicted octanol–water partition coefficient (Wildman–Crippen LogP) is 5.73. The van der Waals surface area contributed by atoms with Gasteiger partial charge in [-0.05, 0) is 63.5 Å². The molecule has 5 atom stereocenters. The molecule has 0 bridgehead atoms. The molecular formula is C35H42N4O6S. The first kappa shape index (κ1) is 32.0. The third-order valence-corrected chi connectivity index (χ3v) is 10.7. The highest BCUT2D eigenvalue weighted by Gasteiger charge is 2.61. The van der Waals surface area contributed by atoms with E-state index in [1.165, 1.54) is 11.3 Å². The number of ether oxygens (including phenoxy) is 2. The molecule has 11 heteroatoms. The summed E-state index contributed by atoms with van der Waals surface area (Å²) < 4.78 is 12.3. The molecule has 46 heavy (non-hydrogen) atoms. The zero-order chi connectivity index (χ0) is 32.7. The molecule has 1 aromatic carbocycles. The molecule has 5 unspecified atom stereocenters. The first-order valence-electron chi connectivity index (χ1n) is 16.1. The number of fused-ring (bicyclic) bond motifs is 3. The second-order valence-electron chi connectivity index (χ2n) is 13.2. The van der Waals surface area contributed by atoms with Gasteiger partial charge in [-0.2, -0.15) is 0 Å². The number of carbonyl (C=O) groups is 3. The van der Waals surface area contributed by atoms with Gasteiger partial charge < -0.3 is 24.8 Å². The number of hydrogen-bond donors (Lipinski definition) is 2. The Balaban J connectivity index is 1.35. The van der Waals surface area contributed by atoms with Crippen molar-refractivity contribution in [2.75, 3.05) is 20.7 Å². The summed E-state index contributed by atoms with van der Waals surface area (Å²) in [5.41, 5.74) is 1.94. The molecule has 2 fully saturated rings. The molecule has 0 spiro atoms. The summed E-state index contributed by atoms with van der Waals surface area (Å²) in [6.45, 7) is 6.75. The number of aliphatic carboxylic acids is 1. The number of thiazole rings is 1. The summed E-state index contributed by atoms with van der Waals surface area (Å²) in [6, 6.07) is 5.70. The van der Waals surface area contributed by atoms with Crippen LogP contribution in [0.4, 0.5) is 0 Å². The van der Waals surface area contributed by atoms with Crippen LogP contribution in [0.3, 0.4) is 0 Å². The zero-order valence-corrected chi connectivity index (χ0v) is 27.9. The Bertz CT molecular complexity index is 1700. The predicted molar refractivity (Wildman–Crippen MR) is 176 cm³/mol. The number of carboxylic acids is 1. The minimum atomic E-state index is -1.33. The topological polar surface area (TPSA) is 131 Å². The van der Waals surface area contributed by atoms with E-state index in [9.17, 15) is 19.5 Å². The minimum Gasteiger partial charge on any atom is -0.496 e. The van der Waals surface area contributed by atoms with Crippen molar-refractivity contribution in [2.45, 2.75) is 76.9 Å². The van der Waals surface area contributed by atoms with E-state index in [4.69, 9.17) is 19.4 Å². The minimum absolute atomic E-state index is 0.111. The Labute approximate surface area is 273 Å². The summed E-state index contributed by atoms with van der Waals surface area (Å²) in [4.78, 5) is 51.5. The summed E-state index contributed by atoms with van der Waals surface area (Å²) in [5, 5.41) is 16.6. The molecule has 10 nitrogen and oxygen atoms in total. The van der Waals surface area contributed by atoms with Crippen LogP contribution in [0.1, 0.15) is 69.5 Å². The number of methoxy groups -OCH3 is 1. The quantitative estimate of drug-likeness (QED) is 0.325. The lowest BCUT2D eigenvalue weighted by Gasteiger charge is -2.26. The fourth-order valence-corrected chi connectivity index (χ4v) is 7.79. The third kappa shape index (κ3) is 5.97. The normalized spacial score (nSPS) is 26.8. The number of aromatic nitrogens is 2. The van der Waals surface area contributed by atoms with Crippen molar-refractivity contribution >= 4 is 40.0 Å². The lowest BCUT2D eigenvalue weighted by molar-refractivity contribution is -0.145. The van der Waals surface area contributed by atoms with Crippen LogP contribution < -0.4 is 14.8 Å². The fraction of sp³-hybridized carbons (Fsp3) is 0.514. The number of carbonyl (C=O) groups excluding carboxylic acids is 2. The Kier molecular flexibility index (Phi) is 8.80. The fourth-order valence-electron chi connectivity index (χ4n) is 6.85. The van der Waals surface area contributed by atoms with Gasteiger partial charge in [-0.3, -0.25) is 9.59 Å². The number of hydrogen-bond acceptors (Lipinski definition) is 8. The molecule has 1 aliphatic heterocycles. The summed E-state index contributed by atoms with van der Waals surface area (Å²) in [5.74, 6) is -1.58. The molecule has 3 aromatic rings. The van der Waals surface area contributed by atoms with E-state index in [1.54, 1.807) is 19.1 Å². The highest BCUT2D eigenvalue weighted by atomic mass is 32.1. The highest BCUT2D eigenvalue weighted by molar-refractivity contribution is 7.13.